The van der Waals surface area contributed by atoms with E-state index in [2.05, 4.69) is 42.0 Å². The normalized spacial score (nSPS) is 29.2. The van der Waals surface area contributed by atoms with Gasteiger partial charge < -0.3 is 10.1 Å². The molecule has 3 heterocycles. The summed E-state index contributed by atoms with van der Waals surface area (Å²) in [6.45, 7) is 8.37. The maximum atomic E-state index is 12.0. The Kier molecular flexibility index (Phi) is 4.67. The largest absolute Gasteiger partial charge is 0.370 e. The molecule has 0 aliphatic carbocycles. The fourth-order valence-electron chi connectivity index (χ4n) is 4.53. The predicted molar refractivity (Wildman–Crippen MR) is 93.6 cm³/mol. The minimum Gasteiger partial charge on any atom is -0.370 e. The Morgan fingerprint density at radius 1 is 1.50 bits per heavy atom. The number of nitrogens with zero attached hydrogens (tertiary/aromatic N) is 2. The van der Waals surface area contributed by atoms with Crippen LogP contribution in [0.2, 0.25) is 0 Å². The number of amides is 1. The van der Waals surface area contributed by atoms with Gasteiger partial charge in [-0.2, -0.15) is 0 Å². The van der Waals surface area contributed by atoms with E-state index in [-0.39, 0.29) is 23.2 Å². The second-order valence-corrected chi connectivity index (χ2v) is 7.85. The van der Waals surface area contributed by atoms with Crippen molar-refractivity contribution >= 4 is 5.91 Å². The van der Waals surface area contributed by atoms with E-state index in [1.54, 1.807) is 7.05 Å². The van der Waals surface area contributed by atoms with E-state index in [0.717, 1.165) is 32.4 Å². The standard InChI is InChI=1S/C19H29N3O2/c1-14-11-21-8-6-15(14)12-22-9-5-7-19(22)13-18(2,3)24-16(19)10-17(23)20-4/h6,8,11,16H,5,7,9-10,12-13H2,1-4H3,(H,20,23)/t16-,19+/m0/s1. The first-order valence-electron chi connectivity index (χ1n) is 8.89. The highest BCUT2D eigenvalue weighted by molar-refractivity contribution is 5.76. The lowest BCUT2D eigenvalue weighted by Crippen LogP contribution is -2.51. The molecule has 2 saturated heterocycles. The molecule has 0 bridgehead atoms. The fraction of sp³-hybridized carbons (Fsp3) is 0.684. The summed E-state index contributed by atoms with van der Waals surface area (Å²) in [5.74, 6) is 0.0593. The minimum absolute atomic E-state index is 0.0360. The smallest absolute Gasteiger partial charge is 0.222 e. The van der Waals surface area contributed by atoms with Gasteiger partial charge >= 0.3 is 0 Å². The summed E-state index contributed by atoms with van der Waals surface area (Å²) >= 11 is 0. The quantitative estimate of drug-likeness (QED) is 0.921. The van der Waals surface area contributed by atoms with Crippen LogP contribution in [0.3, 0.4) is 0 Å². The number of ether oxygens (including phenoxy) is 1. The Morgan fingerprint density at radius 2 is 2.29 bits per heavy atom. The Bertz CT molecular complexity index is 616. The molecular weight excluding hydrogens is 302 g/mol. The third-order valence-corrected chi connectivity index (χ3v) is 5.61. The average Bonchev–Trinajstić information content (AvgIpc) is 3.02. The van der Waals surface area contributed by atoms with Gasteiger partial charge in [-0.3, -0.25) is 14.7 Å². The summed E-state index contributed by atoms with van der Waals surface area (Å²) in [4.78, 5) is 18.8. The van der Waals surface area contributed by atoms with Crippen molar-refractivity contribution in [2.24, 2.45) is 0 Å². The Morgan fingerprint density at radius 3 is 3.00 bits per heavy atom. The number of pyridine rings is 1. The Labute approximate surface area is 144 Å². The fourth-order valence-corrected chi connectivity index (χ4v) is 4.53. The highest BCUT2D eigenvalue weighted by Crippen LogP contribution is 2.49. The zero-order chi connectivity index (χ0) is 17.4. The molecule has 2 aliphatic rings. The molecule has 5 nitrogen and oxygen atoms in total. The summed E-state index contributed by atoms with van der Waals surface area (Å²) in [5, 5.41) is 2.75. The minimum atomic E-state index is -0.186. The van der Waals surface area contributed by atoms with Crippen LogP contribution < -0.4 is 5.32 Å². The van der Waals surface area contributed by atoms with Crippen LogP contribution in [0.15, 0.2) is 18.5 Å². The van der Waals surface area contributed by atoms with Gasteiger partial charge in [0.15, 0.2) is 0 Å². The van der Waals surface area contributed by atoms with Gasteiger partial charge in [-0.05, 0) is 63.8 Å². The van der Waals surface area contributed by atoms with Crippen LogP contribution in [-0.4, -0.2) is 46.6 Å². The van der Waals surface area contributed by atoms with Crippen LogP contribution in [0, 0.1) is 6.92 Å². The number of likely N-dealkylation sites (tertiary alicyclic amines) is 1. The third-order valence-electron chi connectivity index (χ3n) is 5.61. The van der Waals surface area contributed by atoms with Gasteiger partial charge in [0.1, 0.15) is 0 Å². The third kappa shape index (κ3) is 3.20. The number of carbonyl (C=O) groups excluding carboxylic acids is 1. The van der Waals surface area contributed by atoms with Crippen molar-refractivity contribution in [1.82, 2.24) is 15.2 Å². The van der Waals surface area contributed by atoms with Gasteiger partial charge in [0.2, 0.25) is 5.91 Å². The zero-order valence-electron chi connectivity index (χ0n) is 15.3. The summed E-state index contributed by atoms with van der Waals surface area (Å²) in [7, 11) is 1.70. The number of hydrogen-bond donors (Lipinski definition) is 1. The van der Waals surface area contributed by atoms with Gasteiger partial charge in [-0.25, -0.2) is 0 Å². The lowest BCUT2D eigenvalue weighted by atomic mass is 9.82. The molecule has 1 aromatic heterocycles. The van der Waals surface area contributed by atoms with Crippen molar-refractivity contribution in [3.8, 4) is 0 Å². The lowest BCUT2D eigenvalue weighted by Gasteiger charge is -2.39. The maximum absolute atomic E-state index is 12.0. The second-order valence-electron chi connectivity index (χ2n) is 7.85. The molecule has 0 radical (unpaired) electrons. The van der Waals surface area contributed by atoms with Gasteiger partial charge in [-0.15, -0.1) is 0 Å². The first-order chi connectivity index (χ1) is 11.4. The van der Waals surface area contributed by atoms with Crippen LogP contribution in [0.1, 0.15) is 50.7 Å². The van der Waals surface area contributed by atoms with Gasteiger partial charge in [0, 0.05) is 26.0 Å². The molecule has 5 heteroatoms. The van der Waals surface area contributed by atoms with Crippen LogP contribution in [-0.2, 0) is 16.1 Å². The van der Waals surface area contributed by atoms with Gasteiger partial charge in [-0.1, -0.05) is 0 Å². The molecule has 1 amide bonds. The van der Waals surface area contributed by atoms with Crippen molar-refractivity contribution in [2.45, 2.75) is 70.2 Å². The number of carbonyl (C=O) groups is 1. The zero-order valence-corrected chi connectivity index (χ0v) is 15.3. The molecular formula is C19H29N3O2. The van der Waals surface area contributed by atoms with Crippen LogP contribution in [0.25, 0.3) is 0 Å². The van der Waals surface area contributed by atoms with E-state index in [9.17, 15) is 4.79 Å². The number of aromatic nitrogens is 1. The maximum Gasteiger partial charge on any atom is 0.222 e. The lowest BCUT2D eigenvalue weighted by molar-refractivity contribution is -0.126. The second kappa shape index (κ2) is 6.45. The molecule has 2 fully saturated rings. The van der Waals surface area contributed by atoms with Gasteiger partial charge in [0.25, 0.3) is 0 Å². The molecule has 3 rings (SSSR count). The molecule has 0 unspecified atom stereocenters. The van der Waals surface area contributed by atoms with Crippen LogP contribution in [0.5, 0.6) is 0 Å². The highest BCUT2D eigenvalue weighted by atomic mass is 16.5. The number of nitrogens with one attached hydrogen (secondary N) is 1. The van der Waals surface area contributed by atoms with E-state index >= 15 is 0 Å². The molecule has 2 atom stereocenters. The number of aryl methyl sites for hydroxylation is 1. The SMILES string of the molecule is CNC(=O)C[C@@H]1OC(C)(C)C[C@]12CCCN2Cc1ccncc1C. The summed E-state index contributed by atoms with van der Waals surface area (Å²) in [5.41, 5.74) is 2.32. The molecule has 2 aliphatic heterocycles. The first kappa shape index (κ1) is 17.4. The molecule has 0 saturated carbocycles. The Hall–Kier alpha value is -1.46. The van der Waals surface area contributed by atoms with E-state index in [4.69, 9.17) is 4.74 Å². The van der Waals surface area contributed by atoms with E-state index < -0.39 is 0 Å². The van der Waals surface area contributed by atoms with E-state index in [0.29, 0.717) is 6.42 Å². The summed E-state index contributed by atoms with van der Waals surface area (Å²) in [6.07, 6.45) is 7.42. The molecule has 132 valence electrons. The molecule has 0 aromatic carbocycles. The highest BCUT2D eigenvalue weighted by Gasteiger charge is 2.57. The van der Waals surface area contributed by atoms with Gasteiger partial charge in [0.05, 0.1) is 23.7 Å². The van der Waals surface area contributed by atoms with E-state index in [1.165, 1.54) is 11.1 Å². The number of hydrogen-bond acceptors (Lipinski definition) is 4. The topological polar surface area (TPSA) is 54.5 Å². The average molecular weight is 331 g/mol. The van der Waals surface area contributed by atoms with Crippen LogP contribution >= 0.6 is 0 Å². The number of rotatable bonds is 4. The summed E-state index contributed by atoms with van der Waals surface area (Å²) in [6, 6.07) is 2.11. The van der Waals surface area contributed by atoms with Crippen molar-refractivity contribution in [3.05, 3.63) is 29.6 Å². The molecule has 1 spiro atoms. The molecule has 1 aromatic rings. The monoisotopic (exact) mass is 331 g/mol. The summed E-state index contributed by atoms with van der Waals surface area (Å²) < 4.78 is 6.34. The first-order valence-corrected chi connectivity index (χ1v) is 8.89. The Balaban J connectivity index is 1.87. The predicted octanol–water partition coefficient (Wildman–Crippen LogP) is 2.43. The van der Waals surface area contributed by atoms with Crippen molar-refractivity contribution < 1.29 is 9.53 Å². The van der Waals surface area contributed by atoms with Crippen molar-refractivity contribution in [3.63, 3.8) is 0 Å². The van der Waals surface area contributed by atoms with Crippen molar-refractivity contribution in [2.75, 3.05) is 13.6 Å². The molecule has 24 heavy (non-hydrogen) atoms. The van der Waals surface area contributed by atoms with E-state index in [1.807, 2.05) is 12.4 Å². The molecule has 1 N–H and O–H groups in total. The van der Waals surface area contributed by atoms with Crippen molar-refractivity contribution in [1.29, 1.82) is 0 Å². The van der Waals surface area contributed by atoms with Crippen LogP contribution in [0.4, 0.5) is 0 Å².